The van der Waals surface area contributed by atoms with E-state index in [0.29, 0.717) is 24.2 Å². The van der Waals surface area contributed by atoms with Crippen LogP contribution in [0.3, 0.4) is 0 Å². The molecule has 2 aromatic carbocycles. The number of fused-ring (bicyclic) bond motifs is 2. The third-order valence-corrected chi connectivity index (χ3v) is 8.03. The molecule has 1 amide bonds. The molecular formula is C35H30FN5O3. The van der Waals surface area contributed by atoms with Crippen LogP contribution >= 0.6 is 0 Å². The maximum Gasteiger partial charge on any atom is 0.410 e. The van der Waals surface area contributed by atoms with Gasteiger partial charge in [-0.2, -0.15) is 0 Å². The lowest BCUT2D eigenvalue weighted by molar-refractivity contribution is 0.0153. The lowest BCUT2D eigenvalue weighted by Crippen LogP contribution is -2.49. The molecule has 0 aliphatic carbocycles. The Morgan fingerprint density at radius 3 is 2.75 bits per heavy atom. The molecule has 0 spiro atoms. The summed E-state index contributed by atoms with van der Waals surface area (Å²) in [6.45, 7) is 2.45. The van der Waals surface area contributed by atoms with Crippen molar-refractivity contribution >= 4 is 22.6 Å². The number of para-hydroxylation sites is 1. The van der Waals surface area contributed by atoms with Crippen LogP contribution in [-0.4, -0.2) is 55.7 Å². The van der Waals surface area contributed by atoms with Gasteiger partial charge in [-0.25, -0.2) is 19.2 Å². The van der Waals surface area contributed by atoms with Crippen molar-refractivity contribution in [3.63, 3.8) is 0 Å². The van der Waals surface area contributed by atoms with Gasteiger partial charge in [0, 0.05) is 42.5 Å². The van der Waals surface area contributed by atoms with E-state index >= 15 is 4.39 Å². The molecule has 1 saturated heterocycles. The van der Waals surface area contributed by atoms with Crippen molar-refractivity contribution in [3.05, 3.63) is 115 Å². The van der Waals surface area contributed by atoms with E-state index in [1.165, 1.54) is 4.90 Å². The number of aryl methyl sites for hydroxylation is 1. The number of amides is 1. The van der Waals surface area contributed by atoms with Crippen molar-refractivity contribution in [1.82, 2.24) is 24.3 Å². The van der Waals surface area contributed by atoms with E-state index < -0.39 is 18.4 Å². The predicted molar refractivity (Wildman–Crippen MR) is 166 cm³/mol. The van der Waals surface area contributed by atoms with Crippen molar-refractivity contribution in [2.24, 2.45) is 0 Å². The molecule has 1 aliphatic heterocycles. The highest BCUT2D eigenvalue weighted by atomic mass is 19.1. The number of hydrogen-bond donors (Lipinski definition) is 0. The molecule has 0 saturated carbocycles. The number of halogens is 1. The molecule has 8 nitrogen and oxygen atoms in total. The first-order chi connectivity index (χ1) is 21.5. The van der Waals surface area contributed by atoms with Gasteiger partial charge in [0.2, 0.25) is 0 Å². The number of piperidine rings is 1. The summed E-state index contributed by atoms with van der Waals surface area (Å²) in [4.78, 5) is 27.8. The van der Waals surface area contributed by atoms with Crippen molar-refractivity contribution in [2.45, 2.75) is 32.2 Å². The first-order valence-corrected chi connectivity index (χ1v) is 14.6. The number of carbonyl (C=O) groups excluding carboxylic acids is 1. The minimum Gasteiger partial charge on any atom is -0.485 e. The molecule has 0 radical (unpaired) electrons. The van der Waals surface area contributed by atoms with Gasteiger partial charge >= 0.3 is 6.09 Å². The van der Waals surface area contributed by atoms with Gasteiger partial charge < -0.3 is 14.4 Å². The van der Waals surface area contributed by atoms with E-state index in [0.717, 1.165) is 44.7 Å². The minimum absolute atomic E-state index is 0.0931. The van der Waals surface area contributed by atoms with Crippen molar-refractivity contribution in [1.29, 1.82) is 0 Å². The summed E-state index contributed by atoms with van der Waals surface area (Å²) in [6, 6.07) is 25.1. The van der Waals surface area contributed by atoms with Gasteiger partial charge in [0.15, 0.2) is 6.17 Å². The van der Waals surface area contributed by atoms with Gasteiger partial charge in [-0.1, -0.05) is 48.5 Å². The van der Waals surface area contributed by atoms with Crippen LogP contribution in [0.2, 0.25) is 0 Å². The zero-order valence-corrected chi connectivity index (χ0v) is 24.1. The number of hydrogen-bond acceptors (Lipinski definition) is 6. The highest BCUT2D eigenvalue weighted by Gasteiger charge is 2.34. The first kappa shape index (κ1) is 27.5. The summed E-state index contributed by atoms with van der Waals surface area (Å²) in [7, 11) is 0. The molecule has 2 atom stereocenters. The fraction of sp³-hybridized carbons (Fsp3) is 0.200. The third kappa shape index (κ3) is 5.44. The zero-order valence-electron chi connectivity index (χ0n) is 24.1. The Bertz CT molecular complexity index is 1960. The lowest BCUT2D eigenvalue weighted by atomic mass is 10.0. The Morgan fingerprint density at radius 1 is 1.02 bits per heavy atom. The fourth-order valence-electron chi connectivity index (χ4n) is 5.62. The van der Waals surface area contributed by atoms with Crippen molar-refractivity contribution in [3.8, 4) is 28.3 Å². The molecule has 4 aromatic heterocycles. The first-order valence-electron chi connectivity index (χ1n) is 14.6. The molecule has 1 fully saturated rings. The maximum atomic E-state index is 15.4. The number of likely N-dealkylation sites (tertiary alicyclic amines) is 1. The van der Waals surface area contributed by atoms with E-state index in [-0.39, 0.29) is 13.2 Å². The topological polar surface area (TPSA) is 81.9 Å². The maximum absolute atomic E-state index is 15.4. The number of pyridine rings is 3. The molecule has 2 unspecified atom stereocenters. The van der Waals surface area contributed by atoms with Crippen molar-refractivity contribution in [2.75, 3.05) is 13.1 Å². The summed E-state index contributed by atoms with van der Waals surface area (Å²) in [5, 5.41) is 0.881. The van der Waals surface area contributed by atoms with Gasteiger partial charge in [-0.15, -0.1) is 0 Å². The van der Waals surface area contributed by atoms with E-state index in [1.807, 2.05) is 95.7 Å². The fourth-order valence-corrected chi connectivity index (χ4v) is 5.62. The number of aromatic nitrogens is 4. The number of imidazole rings is 1. The van der Waals surface area contributed by atoms with Crippen LogP contribution in [-0.2, 0) is 11.3 Å². The number of rotatable bonds is 6. The molecule has 6 aromatic rings. The Hall–Kier alpha value is -5.31. The summed E-state index contributed by atoms with van der Waals surface area (Å²) < 4.78 is 29.0. The molecular weight excluding hydrogens is 557 g/mol. The van der Waals surface area contributed by atoms with Gasteiger partial charge in [0.1, 0.15) is 29.6 Å². The molecule has 0 bridgehead atoms. The second kappa shape index (κ2) is 11.8. The average Bonchev–Trinajstić information content (AvgIpc) is 3.48. The number of carbonyl (C=O) groups is 1. The zero-order chi connectivity index (χ0) is 30.0. The highest BCUT2D eigenvalue weighted by molar-refractivity contribution is 5.86. The van der Waals surface area contributed by atoms with Crippen LogP contribution in [0.5, 0.6) is 5.75 Å². The Balaban J connectivity index is 1.09. The van der Waals surface area contributed by atoms with Crippen LogP contribution in [0, 0.1) is 6.92 Å². The smallest absolute Gasteiger partial charge is 0.410 e. The normalized spacial score (nSPS) is 16.7. The third-order valence-electron chi connectivity index (χ3n) is 8.03. The monoisotopic (exact) mass is 587 g/mol. The summed E-state index contributed by atoms with van der Waals surface area (Å²) in [5.74, 6) is 0.500. The Labute approximate surface area is 253 Å². The quantitative estimate of drug-likeness (QED) is 0.208. The van der Waals surface area contributed by atoms with E-state index in [1.54, 1.807) is 12.4 Å². The van der Waals surface area contributed by atoms with Gasteiger partial charge in [-0.3, -0.25) is 9.38 Å². The van der Waals surface area contributed by atoms with Gasteiger partial charge in [0.25, 0.3) is 0 Å². The average molecular weight is 588 g/mol. The van der Waals surface area contributed by atoms with E-state index in [2.05, 4.69) is 16.9 Å². The van der Waals surface area contributed by atoms with Crippen LogP contribution in [0.1, 0.15) is 17.5 Å². The van der Waals surface area contributed by atoms with Crippen LogP contribution < -0.4 is 4.74 Å². The number of alkyl halides is 1. The van der Waals surface area contributed by atoms with Crippen LogP contribution in [0.15, 0.2) is 104 Å². The molecule has 7 rings (SSSR count). The van der Waals surface area contributed by atoms with Gasteiger partial charge in [0.05, 0.1) is 24.1 Å². The predicted octanol–water partition coefficient (Wildman–Crippen LogP) is 7.05. The number of ether oxygens (including phenoxy) is 2. The minimum atomic E-state index is -1.37. The van der Waals surface area contributed by atoms with E-state index in [9.17, 15) is 4.79 Å². The number of benzene rings is 2. The Kier molecular flexibility index (Phi) is 7.35. The highest BCUT2D eigenvalue weighted by Crippen LogP contribution is 2.31. The van der Waals surface area contributed by atoms with Crippen LogP contribution in [0.4, 0.5) is 9.18 Å². The van der Waals surface area contributed by atoms with Crippen LogP contribution in [0.25, 0.3) is 39.1 Å². The molecule has 5 heterocycles. The summed E-state index contributed by atoms with van der Waals surface area (Å²) in [6.07, 6.45) is 5.16. The molecule has 220 valence electrons. The second-order valence-corrected chi connectivity index (χ2v) is 10.9. The SMILES string of the molecule is Cc1ccncc1-c1ccn2c(-c3ccc4cccc(OC5CCN(C(=O)OCc6ccccc6)CC5F)c4n3)cnc2c1. The number of nitrogens with zero attached hydrogens (tertiary/aromatic N) is 5. The van der Waals surface area contributed by atoms with Crippen molar-refractivity contribution < 1.29 is 18.7 Å². The molecule has 0 N–H and O–H groups in total. The largest absolute Gasteiger partial charge is 0.485 e. The van der Waals surface area contributed by atoms with Gasteiger partial charge in [-0.05, 0) is 53.9 Å². The molecule has 9 heteroatoms. The Morgan fingerprint density at radius 2 is 1.91 bits per heavy atom. The lowest BCUT2D eigenvalue weighted by Gasteiger charge is -2.34. The van der Waals surface area contributed by atoms with E-state index in [4.69, 9.17) is 14.5 Å². The summed E-state index contributed by atoms with van der Waals surface area (Å²) >= 11 is 0. The molecule has 44 heavy (non-hydrogen) atoms. The molecule has 1 aliphatic rings. The summed E-state index contributed by atoms with van der Waals surface area (Å²) in [5.41, 5.74) is 7.11. The second-order valence-electron chi connectivity index (χ2n) is 10.9. The standard InChI is InChI=1S/C35H30FN5O3/c1-23-12-15-37-19-27(23)26-13-17-41-30(20-38-33(41)18-26)29-11-10-25-8-5-9-32(34(25)39-29)44-31-14-16-40(21-28(31)36)35(42)43-22-24-6-3-2-4-7-24/h2-13,15,17-20,28,31H,14,16,21-22H2,1H3.